The van der Waals surface area contributed by atoms with Crippen LogP contribution in [0.25, 0.3) is 0 Å². The smallest absolute Gasteiger partial charge is 0.150 e. The average Bonchev–Trinajstić information content (AvgIpc) is 2.90. The van der Waals surface area contributed by atoms with E-state index in [1.54, 1.807) is 11.3 Å². The molecule has 1 aliphatic rings. The lowest BCUT2D eigenvalue weighted by Crippen LogP contribution is -2.42. The van der Waals surface area contributed by atoms with Crippen LogP contribution in [0.1, 0.15) is 46.0 Å². The summed E-state index contributed by atoms with van der Waals surface area (Å²) in [6.07, 6.45) is 8.55. The zero-order valence-electron chi connectivity index (χ0n) is 11.4. The first-order chi connectivity index (χ1) is 8.83. The first-order valence-electron chi connectivity index (χ1n) is 7.13. The summed E-state index contributed by atoms with van der Waals surface area (Å²) in [5.41, 5.74) is 0. The number of thiazole rings is 1. The van der Waals surface area contributed by atoms with Crippen LogP contribution in [0.5, 0.6) is 0 Å². The van der Waals surface area contributed by atoms with E-state index in [0.29, 0.717) is 11.3 Å². The molecular weight excluding hydrogens is 260 g/mol. The van der Waals surface area contributed by atoms with E-state index in [9.17, 15) is 0 Å². The average molecular weight is 284 g/mol. The van der Waals surface area contributed by atoms with Gasteiger partial charge in [-0.25, -0.2) is 4.98 Å². The summed E-state index contributed by atoms with van der Waals surface area (Å²) in [4.78, 5) is 4.43. The molecule has 1 N–H and O–H groups in total. The lowest BCUT2D eigenvalue weighted by molar-refractivity contribution is 0.295. The molecule has 3 atom stereocenters. The van der Waals surface area contributed by atoms with E-state index in [1.165, 1.54) is 36.4 Å². The van der Waals surface area contributed by atoms with Crippen LogP contribution >= 0.6 is 23.1 Å². The van der Waals surface area contributed by atoms with Gasteiger partial charge in [0, 0.05) is 22.9 Å². The molecule has 1 aromatic heterocycles. The zero-order valence-corrected chi connectivity index (χ0v) is 13.0. The van der Waals surface area contributed by atoms with Crippen molar-refractivity contribution in [3.8, 4) is 0 Å². The van der Waals surface area contributed by atoms with Gasteiger partial charge in [0.1, 0.15) is 4.34 Å². The van der Waals surface area contributed by atoms with Gasteiger partial charge in [0.15, 0.2) is 0 Å². The molecule has 2 rings (SSSR count). The molecule has 1 aliphatic carbocycles. The van der Waals surface area contributed by atoms with Gasteiger partial charge in [-0.2, -0.15) is 0 Å². The molecule has 0 bridgehead atoms. The van der Waals surface area contributed by atoms with Crippen LogP contribution in [0.3, 0.4) is 0 Å². The molecule has 1 heterocycles. The third kappa shape index (κ3) is 3.97. The Hall–Kier alpha value is -0.0600. The van der Waals surface area contributed by atoms with Gasteiger partial charge in [0.25, 0.3) is 0 Å². The van der Waals surface area contributed by atoms with Gasteiger partial charge in [-0.15, -0.1) is 11.3 Å². The van der Waals surface area contributed by atoms with E-state index in [-0.39, 0.29) is 0 Å². The minimum absolute atomic E-state index is 0.682. The number of thioether (sulfide) groups is 1. The normalized spacial score (nSPS) is 28.4. The second-order valence-corrected chi connectivity index (χ2v) is 7.48. The fraction of sp³-hybridized carbons (Fsp3) is 0.786. The third-order valence-corrected chi connectivity index (χ3v) is 6.07. The molecule has 0 amide bonds. The molecule has 0 aromatic carbocycles. The highest BCUT2D eigenvalue weighted by molar-refractivity contribution is 8.01. The minimum Gasteiger partial charge on any atom is -0.313 e. The monoisotopic (exact) mass is 284 g/mol. The number of rotatable bonds is 6. The Morgan fingerprint density at radius 1 is 1.44 bits per heavy atom. The van der Waals surface area contributed by atoms with Crippen LogP contribution in [0.15, 0.2) is 15.9 Å². The molecule has 0 aliphatic heterocycles. The number of nitrogens with one attached hydrogen (secondary N) is 1. The number of hydrogen-bond donors (Lipinski definition) is 1. The molecule has 0 saturated heterocycles. The highest BCUT2D eigenvalue weighted by Crippen LogP contribution is 2.38. The van der Waals surface area contributed by atoms with Crippen molar-refractivity contribution in [2.24, 2.45) is 5.92 Å². The second kappa shape index (κ2) is 7.51. The van der Waals surface area contributed by atoms with Crippen molar-refractivity contribution in [2.75, 3.05) is 6.54 Å². The van der Waals surface area contributed by atoms with E-state index < -0.39 is 0 Å². The SMILES string of the molecule is CCCNC1CCC(CC)CC1Sc1nccs1. The van der Waals surface area contributed by atoms with Gasteiger partial charge in [-0.3, -0.25) is 0 Å². The summed E-state index contributed by atoms with van der Waals surface area (Å²) in [5, 5.41) is 6.52. The van der Waals surface area contributed by atoms with Crippen LogP contribution in [0.2, 0.25) is 0 Å². The fourth-order valence-electron chi connectivity index (χ4n) is 2.67. The fourth-order valence-corrected chi connectivity index (χ4v) is 4.94. The molecule has 1 aromatic rings. The molecule has 4 heteroatoms. The van der Waals surface area contributed by atoms with E-state index in [1.807, 2.05) is 18.0 Å². The largest absolute Gasteiger partial charge is 0.313 e. The predicted octanol–water partition coefficient (Wildman–Crippen LogP) is 4.18. The minimum atomic E-state index is 0.682. The van der Waals surface area contributed by atoms with Gasteiger partial charge >= 0.3 is 0 Å². The summed E-state index contributed by atoms with van der Waals surface area (Å²) in [5.74, 6) is 0.919. The van der Waals surface area contributed by atoms with Gasteiger partial charge in [-0.05, 0) is 38.1 Å². The number of nitrogens with zero attached hydrogens (tertiary/aromatic N) is 1. The third-order valence-electron chi connectivity index (χ3n) is 3.80. The second-order valence-electron chi connectivity index (χ2n) is 5.10. The summed E-state index contributed by atoms with van der Waals surface area (Å²) < 4.78 is 1.24. The summed E-state index contributed by atoms with van der Waals surface area (Å²) in [7, 11) is 0. The Balaban J connectivity index is 1.94. The van der Waals surface area contributed by atoms with E-state index in [2.05, 4.69) is 29.5 Å². The molecule has 102 valence electrons. The van der Waals surface area contributed by atoms with Crippen molar-refractivity contribution < 1.29 is 0 Å². The van der Waals surface area contributed by atoms with Crippen LogP contribution < -0.4 is 5.32 Å². The standard InChI is InChI=1S/C14H24N2S2/c1-3-7-15-12-6-5-11(4-2)10-13(12)18-14-16-8-9-17-14/h8-9,11-13,15H,3-7,10H2,1-2H3. The highest BCUT2D eigenvalue weighted by Gasteiger charge is 2.30. The maximum absolute atomic E-state index is 4.43. The maximum Gasteiger partial charge on any atom is 0.150 e. The summed E-state index contributed by atoms with van der Waals surface area (Å²) >= 11 is 3.77. The van der Waals surface area contributed by atoms with Gasteiger partial charge in [0.05, 0.1) is 0 Å². The summed E-state index contributed by atoms with van der Waals surface area (Å²) in [6, 6.07) is 0.682. The van der Waals surface area contributed by atoms with Crippen molar-refractivity contribution in [3.63, 3.8) is 0 Å². The molecule has 2 nitrogen and oxygen atoms in total. The quantitative estimate of drug-likeness (QED) is 0.848. The Kier molecular flexibility index (Phi) is 5.99. The predicted molar refractivity (Wildman–Crippen MR) is 81.5 cm³/mol. The lowest BCUT2D eigenvalue weighted by atomic mass is 9.84. The van der Waals surface area contributed by atoms with Crippen molar-refractivity contribution in [2.45, 2.75) is 61.6 Å². The number of hydrogen-bond acceptors (Lipinski definition) is 4. The Labute approximate surface area is 119 Å². The molecule has 1 saturated carbocycles. The van der Waals surface area contributed by atoms with Crippen molar-refractivity contribution >= 4 is 23.1 Å². The molecule has 3 unspecified atom stereocenters. The van der Waals surface area contributed by atoms with Gasteiger partial charge < -0.3 is 5.32 Å². The van der Waals surface area contributed by atoms with Gasteiger partial charge in [0.2, 0.25) is 0 Å². The van der Waals surface area contributed by atoms with Crippen molar-refractivity contribution in [3.05, 3.63) is 11.6 Å². The molecule has 0 spiro atoms. The first-order valence-corrected chi connectivity index (χ1v) is 8.89. The first kappa shape index (κ1) is 14.4. The topological polar surface area (TPSA) is 24.9 Å². The Morgan fingerprint density at radius 3 is 3.00 bits per heavy atom. The van der Waals surface area contributed by atoms with E-state index >= 15 is 0 Å². The van der Waals surface area contributed by atoms with Gasteiger partial charge in [-0.1, -0.05) is 32.0 Å². The molecular formula is C14H24N2S2. The van der Waals surface area contributed by atoms with E-state index in [4.69, 9.17) is 0 Å². The van der Waals surface area contributed by atoms with Crippen molar-refractivity contribution in [1.82, 2.24) is 10.3 Å². The van der Waals surface area contributed by atoms with Crippen LogP contribution in [-0.2, 0) is 0 Å². The molecule has 1 fully saturated rings. The Morgan fingerprint density at radius 2 is 2.33 bits per heavy atom. The molecule has 0 radical (unpaired) electrons. The molecule has 18 heavy (non-hydrogen) atoms. The van der Waals surface area contributed by atoms with E-state index in [0.717, 1.165) is 12.5 Å². The summed E-state index contributed by atoms with van der Waals surface area (Å²) in [6.45, 7) is 5.72. The Bertz CT molecular complexity index is 327. The number of aromatic nitrogens is 1. The lowest BCUT2D eigenvalue weighted by Gasteiger charge is -2.35. The van der Waals surface area contributed by atoms with Crippen molar-refractivity contribution in [1.29, 1.82) is 0 Å². The highest BCUT2D eigenvalue weighted by atomic mass is 32.2. The van der Waals surface area contributed by atoms with Crippen LogP contribution in [0, 0.1) is 5.92 Å². The van der Waals surface area contributed by atoms with Crippen LogP contribution in [0.4, 0.5) is 0 Å². The maximum atomic E-state index is 4.43. The zero-order chi connectivity index (χ0) is 12.8. The van der Waals surface area contributed by atoms with Crippen LogP contribution in [-0.4, -0.2) is 22.8 Å².